The Kier molecular flexibility index (Phi) is 43.8. The molecule has 0 saturated heterocycles. The fourth-order valence-electron chi connectivity index (χ4n) is 7.32. The van der Waals surface area contributed by atoms with Crippen molar-refractivity contribution in [2.24, 2.45) is 0 Å². The van der Waals surface area contributed by atoms with E-state index in [9.17, 15) is 24.2 Å². The standard InChI is InChI=1S/C47H94NO8P/c1-3-5-7-9-11-13-15-17-19-21-22-23-24-26-28-30-32-34-36-38-40-47(51)54-43-45(49)44-56-57(52,53)55-42-41-48-46(50)39-37-35-33-31-29-27-25-20-18-16-14-12-10-8-6-4-2/h45,49H,3-44H2,1-2H3,(H,48,50)(H,52,53). The van der Waals surface area contributed by atoms with Gasteiger partial charge >= 0.3 is 13.8 Å². The number of aliphatic hydroxyl groups excluding tert-OH is 1. The number of hydrogen-bond donors (Lipinski definition) is 3. The fourth-order valence-corrected chi connectivity index (χ4v) is 8.08. The number of carbonyl (C=O) groups is 2. The Bertz CT molecular complexity index is 907. The van der Waals surface area contributed by atoms with Crippen molar-refractivity contribution in [2.45, 2.75) is 264 Å². The highest BCUT2D eigenvalue weighted by Gasteiger charge is 2.23. The number of hydrogen-bond acceptors (Lipinski definition) is 7. The molecule has 2 unspecified atom stereocenters. The number of aliphatic hydroxyl groups is 1. The highest BCUT2D eigenvalue weighted by atomic mass is 31.2. The van der Waals surface area contributed by atoms with E-state index in [-0.39, 0.29) is 25.7 Å². The molecule has 0 aromatic rings. The summed E-state index contributed by atoms with van der Waals surface area (Å²) in [5.74, 6) is -0.500. The van der Waals surface area contributed by atoms with Crippen molar-refractivity contribution < 1.29 is 37.9 Å². The predicted molar refractivity (Wildman–Crippen MR) is 238 cm³/mol. The van der Waals surface area contributed by atoms with Gasteiger partial charge in [0.25, 0.3) is 0 Å². The van der Waals surface area contributed by atoms with Crippen LogP contribution in [0.25, 0.3) is 0 Å². The number of rotatable bonds is 47. The van der Waals surface area contributed by atoms with Crippen molar-refractivity contribution in [2.75, 3.05) is 26.4 Å². The van der Waals surface area contributed by atoms with Gasteiger partial charge in [0.1, 0.15) is 12.7 Å². The minimum Gasteiger partial charge on any atom is -0.463 e. The summed E-state index contributed by atoms with van der Waals surface area (Å²) in [7, 11) is -4.41. The van der Waals surface area contributed by atoms with Crippen LogP contribution < -0.4 is 5.32 Å². The average Bonchev–Trinajstić information content (AvgIpc) is 3.20. The molecule has 0 aromatic heterocycles. The molecule has 0 fully saturated rings. The molecule has 1 amide bonds. The number of esters is 1. The molecule has 0 aliphatic heterocycles. The average molecular weight is 832 g/mol. The second-order valence-electron chi connectivity index (χ2n) is 16.8. The van der Waals surface area contributed by atoms with Crippen molar-refractivity contribution in [1.82, 2.24) is 5.32 Å². The highest BCUT2D eigenvalue weighted by molar-refractivity contribution is 7.47. The molecule has 340 valence electrons. The maximum atomic E-state index is 12.1. The van der Waals surface area contributed by atoms with Gasteiger partial charge in [-0.2, -0.15) is 0 Å². The Labute approximate surface area is 352 Å². The molecule has 0 aliphatic carbocycles. The Morgan fingerprint density at radius 3 is 1.14 bits per heavy atom. The molecule has 0 bridgehead atoms. The molecular weight excluding hydrogens is 737 g/mol. The van der Waals surface area contributed by atoms with E-state index in [4.69, 9.17) is 13.8 Å². The largest absolute Gasteiger partial charge is 0.472 e. The van der Waals surface area contributed by atoms with E-state index in [0.717, 1.165) is 38.5 Å². The lowest BCUT2D eigenvalue weighted by molar-refractivity contribution is -0.147. The van der Waals surface area contributed by atoms with Crippen LogP contribution in [-0.2, 0) is 27.9 Å². The lowest BCUT2D eigenvalue weighted by atomic mass is 10.0. The van der Waals surface area contributed by atoms with E-state index in [0.29, 0.717) is 12.8 Å². The first-order valence-corrected chi connectivity index (χ1v) is 26.0. The zero-order valence-corrected chi connectivity index (χ0v) is 38.5. The van der Waals surface area contributed by atoms with E-state index < -0.39 is 26.5 Å². The number of phosphoric acid groups is 1. The number of amides is 1. The lowest BCUT2D eigenvalue weighted by Gasteiger charge is -2.15. The Morgan fingerprint density at radius 1 is 0.474 bits per heavy atom. The molecule has 0 spiro atoms. The maximum Gasteiger partial charge on any atom is 0.472 e. The van der Waals surface area contributed by atoms with Gasteiger partial charge in [-0.05, 0) is 12.8 Å². The van der Waals surface area contributed by atoms with Crippen molar-refractivity contribution in [3.05, 3.63) is 0 Å². The molecule has 0 saturated carbocycles. The Morgan fingerprint density at radius 2 is 0.789 bits per heavy atom. The maximum absolute atomic E-state index is 12.1. The zero-order chi connectivity index (χ0) is 41.8. The summed E-state index contributed by atoms with van der Waals surface area (Å²) in [5.41, 5.74) is 0. The summed E-state index contributed by atoms with van der Waals surface area (Å²) < 4.78 is 27.0. The molecule has 10 heteroatoms. The zero-order valence-electron chi connectivity index (χ0n) is 37.6. The molecule has 57 heavy (non-hydrogen) atoms. The van der Waals surface area contributed by atoms with Crippen LogP contribution in [0.15, 0.2) is 0 Å². The van der Waals surface area contributed by atoms with Gasteiger partial charge in [-0.15, -0.1) is 0 Å². The number of phosphoric ester groups is 1. The first-order valence-electron chi connectivity index (χ1n) is 24.5. The van der Waals surface area contributed by atoms with E-state index in [2.05, 4.69) is 19.2 Å². The second kappa shape index (κ2) is 44.6. The van der Waals surface area contributed by atoms with Crippen LogP contribution in [-0.4, -0.2) is 54.3 Å². The molecule has 0 aromatic carbocycles. The minimum absolute atomic E-state index is 0.0886. The van der Waals surface area contributed by atoms with Crippen molar-refractivity contribution in [3.8, 4) is 0 Å². The van der Waals surface area contributed by atoms with Gasteiger partial charge in [0.15, 0.2) is 0 Å². The van der Waals surface area contributed by atoms with Crippen LogP contribution in [0.5, 0.6) is 0 Å². The normalized spacial score (nSPS) is 13.1. The topological polar surface area (TPSA) is 131 Å². The highest BCUT2D eigenvalue weighted by Crippen LogP contribution is 2.42. The monoisotopic (exact) mass is 832 g/mol. The van der Waals surface area contributed by atoms with Crippen LogP contribution in [0.4, 0.5) is 0 Å². The van der Waals surface area contributed by atoms with Crippen LogP contribution in [0, 0.1) is 0 Å². The SMILES string of the molecule is CCCCCCCCCCCCCCCCCCCCCCC(=O)OCC(O)COP(=O)(O)OCCNC(=O)CCCCCCCCCCCCCCCCCC. The third-order valence-electron chi connectivity index (χ3n) is 11.0. The number of unbranched alkanes of at least 4 members (excludes halogenated alkanes) is 34. The first kappa shape index (κ1) is 56.0. The van der Waals surface area contributed by atoms with E-state index in [1.54, 1.807) is 0 Å². The van der Waals surface area contributed by atoms with E-state index in [1.807, 2.05) is 0 Å². The van der Waals surface area contributed by atoms with E-state index >= 15 is 0 Å². The van der Waals surface area contributed by atoms with Crippen molar-refractivity contribution in [3.63, 3.8) is 0 Å². The summed E-state index contributed by atoms with van der Waals surface area (Å²) in [6.45, 7) is 3.62. The Hall–Kier alpha value is -0.990. The fraction of sp³-hybridized carbons (Fsp3) is 0.957. The van der Waals surface area contributed by atoms with Crippen LogP contribution in [0.1, 0.15) is 258 Å². The molecule has 0 rings (SSSR count). The molecule has 0 heterocycles. The quantitative estimate of drug-likeness (QED) is 0.0314. The van der Waals surface area contributed by atoms with Crippen LogP contribution in [0.2, 0.25) is 0 Å². The number of nitrogens with one attached hydrogen (secondary N) is 1. The second-order valence-corrected chi connectivity index (χ2v) is 18.3. The molecule has 0 radical (unpaired) electrons. The van der Waals surface area contributed by atoms with Crippen molar-refractivity contribution in [1.29, 1.82) is 0 Å². The Balaban J connectivity index is 3.51. The van der Waals surface area contributed by atoms with Crippen LogP contribution >= 0.6 is 7.82 Å². The summed E-state index contributed by atoms with van der Waals surface area (Å²) in [4.78, 5) is 34.0. The van der Waals surface area contributed by atoms with Gasteiger partial charge in [-0.25, -0.2) is 4.57 Å². The van der Waals surface area contributed by atoms with Gasteiger partial charge in [-0.1, -0.05) is 232 Å². The minimum atomic E-state index is -4.41. The smallest absolute Gasteiger partial charge is 0.463 e. The summed E-state index contributed by atoms with van der Waals surface area (Å²) in [6, 6.07) is 0. The third-order valence-corrected chi connectivity index (χ3v) is 12.0. The number of ether oxygens (including phenoxy) is 1. The summed E-state index contributed by atoms with van der Waals surface area (Å²) in [5, 5.41) is 12.7. The predicted octanol–water partition coefficient (Wildman–Crippen LogP) is 14.0. The molecule has 0 aliphatic rings. The number of carbonyl (C=O) groups excluding carboxylic acids is 2. The van der Waals surface area contributed by atoms with Gasteiger partial charge in [0.2, 0.25) is 5.91 Å². The third kappa shape index (κ3) is 45.9. The summed E-state index contributed by atoms with van der Waals surface area (Å²) in [6.07, 6.45) is 46.1. The molecule has 9 nitrogen and oxygen atoms in total. The molecule has 2 atom stereocenters. The van der Waals surface area contributed by atoms with Gasteiger partial charge < -0.3 is 20.1 Å². The van der Waals surface area contributed by atoms with Gasteiger partial charge in [0.05, 0.1) is 13.2 Å². The first-order chi connectivity index (χ1) is 27.8. The lowest BCUT2D eigenvalue weighted by Crippen LogP contribution is -2.27. The van der Waals surface area contributed by atoms with E-state index in [1.165, 1.54) is 193 Å². The van der Waals surface area contributed by atoms with Crippen molar-refractivity contribution >= 4 is 19.7 Å². The summed E-state index contributed by atoms with van der Waals surface area (Å²) >= 11 is 0. The molecular formula is C47H94NO8P. The van der Waals surface area contributed by atoms with Gasteiger partial charge in [0, 0.05) is 19.4 Å². The van der Waals surface area contributed by atoms with Gasteiger partial charge in [-0.3, -0.25) is 18.6 Å². The molecule has 3 N–H and O–H groups in total. The van der Waals surface area contributed by atoms with Crippen LogP contribution in [0.3, 0.4) is 0 Å².